The van der Waals surface area contributed by atoms with Crippen molar-refractivity contribution >= 4 is 45.0 Å². The van der Waals surface area contributed by atoms with E-state index < -0.39 is 10.0 Å². The first-order chi connectivity index (χ1) is 14.7. The van der Waals surface area contributed by atoms with Gasteiger partial charge in [-0.1, -0.05) is 29.4 Å². The molecule has 2 aromatic carbocycles. The minimum atomic E-state index is -3.57. The second kappa shape index (κ2) is 9.82. The number of halogens is 1. The number of carbonyl (C=O) groups excluding carboxylic acids is 1. The molecule has 1 amide bonds. The largest absolute Gasteiger partial charge is 0.325 e. The summed E-state index contributed by atoms with van der Waals surface area (Å²) in [5.41, 5.74) is 1.30. The van der Waals surface area contributed by atoms with Gasteiger partial charge in [0.05, 0.1) is 16.3 Å². The van der Waals surface area contributed by atoms with Crippen molar-refractivity contribution in [2.75, 3.05) is 18.1 Å². The summed E-state index contributed by atoms with van der Waals surface area (Å²) in [4.78, 5) is 12.5. The first-order valence-electron chi connectivity index (χ1n) is 9.35. The molecule has 0 saturated heterocycles. The molecule has 0 unspecified atom stereocenters. The molecular formula is C20H22ClN5O3S2. The molecule has 11 heteroatoms. The third-order valence-corrected chi connectivity index (χ3v) is 7.70. The Balaban J connectivity index is 1.62. The summed E-state index contributed by atoms with van der Waals surface area (Å²) >= 11 is 7.27. The highest BCUT2D eigenvalue weighted by Gasteiger charge is 2.22. The summed E-state index contributed by atoms with van der Waals surface area (Å²) < 4.78 is 28.1. The van der Waals surface area contributed by atoms with E-state index in [-0.39, 0.29) is 22.6 Å². The maximum atomic E-state index is 12.5. The molecule has 0 atom stereocenters. The second-order valence-corrected chi connectivity index (χ2v) is 10.3. The topological polar surface area (TPSA) is 97.2 Å². The van der Waals surface area contributed by atoms with Crippen LogP contribution in [0.15, 0.2) is 64.9 Å². The number of aromatic nitrogens is 3. The molecule has 164 valence electrons. The average molecular weight is 480 g/mol. The normalized spacial score (nSPS) is 11.8. The fourth-order valence-electron chi connectivity index (χ4n) is 2.61. The monoisotopic (exact) mass is 479 g/mol. The molecule has 0 spiro atoms. The third kappa shape index (κ3) is 5.65. The molecule has 0 aliphatic rings. The van der Waals surface area contributed by atoms with Crippen LogP contribution in [0.25, 0.3) is 5.69 Å². The zero-order valence-electron chi connectivity index (χ0n) is 17.2. The zero-order chi connectivity index (χ0) is 22.6. The number of carbonyl (C=O) groups is 1. The maximum Gasteiger partial charge on any atom is 0.243 e. The van der Waals surface area contributed by atoms with E-state index >= 15 is 0 Å². The van der Waals surface area contributed by atoms with Gasteiger partial charge < -0.3 is 5.32 Å². The minimum Gasteiger partial charge on any atom is -0.325 e. The van der Waals surface area contributed by atoms with E-state index in [1.54, 1.807) is 49.0 Å². The van der Waals surface area contributed by atoms with Gasteiger partial charge in [0.1, 0.15) is 6.33 Å². The summed E-state index contributed by atoms with van der Waals surface area (Å²) in [6.45, 7) is 3.61. The molecule has 31 heavy (non-hydrogen) atoms. The van der Waals surface area contributed by atoms with Crippen LogP contribution >= 0.6 is 23.4 Å². The number of anilines is 1. The van der Waals surface area contributed by atoms with Crippen LogP contribution in [0.4, 0.5) is 5.69 Å². The van der Waals surface area contributed by atoms with Gasteiger partial charge in [0.25, 0.3) is 0 Å². The van der Waals surface area contributed by atoms with Crippen molar-refractivity contribution in [3.63, 3.8) is 0 Å². The molecule has 1 heterocycles. The first-order valence-corrected chi connectivity index (χ1v) is 12.2. The lowest BCUT2D eigenvalue weighted by Gasteiger charge is -2.21. The fraction of sp³-hybridized carbons (Fsp3) is 0.250. The van der Waals surface area contributed by atoms with E-state index in [9.17, 15) is 13.2 Å². The van der Waals surface area contributed by atoms with E-state index in [0.29, 0.717) is 15.9 Å². The lowest BCUT2D eigenvalue weighted by atomic mass is 10.3. The standard InChI is InChI=1S/C20H22ClN5O3S2/c1-14(2)25(3)31(28,29)18-9-7-16(8-10-18)23-19(27)12-30-20-24-22-13-26(20)17-6-4-5-15(21)11-17/h4-11,13-14H,12H2,1-3H3,(H,23,27). The summed E-state index contributed by atoms with van der Waals surface area (Å²) in [5, 5.41) is 11.9. The van der Waals surface area contributed by atoms with Gasteiger partial charge in [-0.25, -0.2) is 8.42 Å². The van der Waals surface area contributed by atoms with Gasteiger partial charge in [0, 0.05) is 23.8 Å². The van der Waals surface area contributed by atoms with Crippen molar-refractivity contribution in [3.8, 4) is 5.69 Å². The van der Waals surface area contributed by atoms with E-state index in [2.05, 4.69) is 15.5 Å². The van der Waals surface area contributed by atoms with Crippen LogP contribution < -0.4 is 5.32 Å². The Bertz CT molecular complexity index is 1160. The smallest absolute Gasteiger partial charge is 0.243 e. The summed E-state index contributed by atoms with van der Waals surface area (Å²) in [6.07, 6.45) is 1.55. The Hall–Kier alpha value is -2.40. The molecule has 0 bridgehead atoms. The van der Waals surface area contributed by atoms with Gasteiger partial charge in [-0.3, -0.25) is 9.36 Å². The maximum absolute atomic E-state index is 12.5. The lowest BCUT2D eigenvalue weighted by Crippen LogP contribution is -2.33. The third-order valence-electron chi connectivity index (χ3n) is 4.48. The van der Waals surface area contributed by atoms with Gasteiger partial charge in [-0.15, -0.1) is 10.2 Å². The number of hydrogen-bond donors (Lipinski definition) is 1. The van der Waals surface area contributed by atoms with Crippen molar-refractivity contribution in [3.05, 3.63) is 59.9 Å². The van der Waals surface area contributed by atoms with Crippen LogP contribution in [0.3, 0.4) is 0 Å². The predicted octanol–water partition coefficient (Wildman–Crippen LogP) is 3.68. The van der Waals surface area contributed by atoms with Gasteiger partial charge in [-0.05, 0) is 56.3 Å². The Morgan fingerprint density at radius 3 is 2.58 bits per heavy atom. The van der Waals surface area contributed by atoms with E-state index in [1.807, 2.05) is 12.1 Å². The Morgan fingerprint density at radius 2 is 1.94 bits per heavy atom. The van der Waals surface area contributed by atoms with Crippen LogP contribution in [-0.4, -0.2) is 52.2 Å². The second-order valence-electron chi connectivity index (χ2n) is 6.94. The number of nitrogens with one attached hydrogen (secondary N) is 1. The molecule has 3 rings (SSSR count). The number of benzene rings is 2. The van der Waals surface area contributed by atoms with Crippen molar-refractivity contribution in [1.29, 1.82) is 0 Å². The van der Waals surface area contributed by atoms with Gasteiger partial charge in [-0.2, -0.15) is 4.31 Å². The number of hydrogen-bond acceptors (Lipinski definition) is 6. The van der Waals surface area contributed by atoms with Gasteiger partial charge in [0.2, 0.25) is 15.9 Å². The zero-order valence-corrected chi connectivity index (χ0v) is 19.6. The molecular weight excluding hydrogens is 458 g/mol. The van der Waals surface area contributed by atoms with Crippen LogP contribution in [0.5, 0.6) is 0 Å². The molecule has 0 saturated carbocycles. The molecule has 0 radical (unpaired) electrons. The summed E-state index contributed by atoms with van der Waals surface area (Å²) in [7, 11) is -2.03. The molecule has 3 aromatic rings. The summed E-state index contributed by atoms with van der Waals surface area (Å²) in [6, 6.07) is 13.2. The molecule has 1 N–H and O–H groups in total. The van der Waals surface area contributed by atoms with E-state index in [1.165, 1.54) is 35.2 Å². The van der Waals surface area contributed by atoms with E-state index in [0.717, 1.165) is 5.69 Å². The Kier molecular flexibility index (Phi) is 7.37. The lowest BCUT2D eigenvalue weighted by molar-refractivity contribution is -0.113. The predicted molar refractivity (Wildman–Crippen MR) is 122 cm³/mol. The Morgan fingerprint density at radius 1 is 1.23 bits per heavy atom. The quantitative estimate of drug-likeness (QED) is 0.495. The Labute approximate surface area is 190 Å². The number of nitrogens with zero attached hydrogens (tertiary/aromatic N) is 4. The molecule has 0 fully saturated rings. The highest BCUT2D eigenvalue weighted by Crippen LogP contribution is 2.23. The molecule has 1 aromatic heterocycles. The number of rotatable bonds is 8. The van der Waals surface area contributed by atoms with Crippen LogP contribution in [0.1, 0.15) is 13.8 Å². The SMILES string of the molecule is CC(C)N(C)S(=O)(=O)c1ccc(NC(=O)CSc2nncn2-c2cccc(Cl)c2)cc1. The van der Waals surface area contributed by atoms with Crippen LogP contribution in [0.2, 0.25) is 5.02 Å². The highest BCUT2D eigenvalue weighted by atomic mass is 35.5. The van der Waals surface area contributed by atoms with Crippen LogP contribution in [0, 0.1) is 0 Å². The van der Waals surface area contributed by atoms with Crippen molar-refractivity contribution < 1.29 is 13.2 Å². The van der Waals surface area contributed by atoms with Crippen molar-refractivity contribution in [2.24, 2.45) is 0 Å². The number of sulfonamides is 1. The van der Waals surface area contributed by atoms with Gasteiger partial charge in [0.15, 0.2) is 5.16 Å². The fourth-order valence-corrected chi connectivity index (χ4v) is 4.89. The highest BCUT2D eigenvalue weighted by molar-refractivity contribution is 7.99. The van der Waals surface area contributed by atoms with Gasteiger partial charge >= 0.3 is 0 Å². The van der Waals surface area contributed by atoms with Crippen molar-refractivity contribution in [1.82, 2.24) is 19.1 Å². The van der Waals surface area contributed by atoms with E-state index in [4.69, 9.17) is 11.6 Å². The van der Waals surface area contributed by atoms with Crippen molar-refractivity contribution in [2.45, 2.75) is 29.9 Å². The molecule has 0 aliphatic heterocycles. The average Bonchev–Trinajstić information content (AvgIpc) is 3.20. The molecule has 8 nitrogen and oxygen atoms in total. The molecule has 0 aliphatic carbocycles. The first kappa shape index (κ1) is 23.3. The number of thioether (sulfide) groups is 1. The minimum absolute atomic E-state index is 0.107. The number of amides is 1. The van der Waals surface area contributed by atoms with Crippen LogP contribution in [-0.2, 0) is 14.8 Å². The summed E-state index contributed by atoms with van der Waals surface area (Å²) in [5.74, 6) is -0.143.